The van der Waals surface area contributed by atoms with Crippen molar-refractivity contribution in [1.82, 2.24) is 0 Å². The van der Waals surface area contributed by atoms with Gasteiger partial charge in [0.05, 0.1) is 0 Å². The minimum atomic E-state index is 0. The maximum absolute atomic E-state index is 2.38. The van der Waals surface area contributed by atoms with Crippen molar-refractivity contribution >= 4 is 0 Å². The average Bonchev–Trinajstić information content (AvgIpc) is 3.78. The molecule has 4 rings (SSSR count). The molecule has 2 saturated carbocycles. The van der Waals surface area contributed by atoms with Crippen LogP contribution in [0.4, 0.5) is 0 Å². The monoisotopic (exact) mass is 1010 g/mol. The standard InChI is InChI=1S/C13H18.C10H20.C9H18.C9H20.2C8H18.C7H16.7CH4/c1-13(2,3)12-8-10-6-4-5-7-11(10)9-12;1-10(2,3)9-7-5-4-6-8-9;1-9(2,3)8-6-4-5-7-8;1-8(2,3)7-9(4,5)6;1-7(2,3)8(4,5)6;1-6-7(2)8(3,4)5;1-6(2)7(3,4)5;;;;;;;/h4-7,12H,8-9H2,1-3H3;9H,4-8H2,1-3H3;8H,4-7H2,1-3H3;7H2,1-6H3;1-6H3;7H,6H2,1-5H3;6H,1-5H3;7*1H4. The van der Waals surface area contributed by atoms with Gasteiger partial charge in [0.15, 0.2) is 0 Å². The number of benzene rings is 1. The van der Waals surface area contributed by atoms with E-state index < -0.39 is 0 Å². The molecule has 440 valence electrons. The van der Waals surface area contributed by atoms with Crippen LogP contribution in [0.5, 0.6) is 0 Å². The highest BCUT2D eigenvalue weighted by Crippen LogP contribution is 2.41. The zero-order chi connectivity index (χ0) is 51.6. The summed E-state index contributed by atoms with van der Waals surface area (Å²) in [5.41, 5.74) is 7.60. The van der Waals surface area contributed by atoms with E-state index in [0.717, 1.165) is 29.6 Å². The summed E-state index contributed by atoms with van der Waals surface area (Å²) >= 11 is 0. The molecular formula is C71H156. The quantitative estimate of drug-likeness (QED) is 0.263. The van der Waals surface area contributed by atoms with Gasteiger partial charge >= 0.3 is 0 Å². The largest absolute Gasteiger partial charge is 0.0776 e. The van der Waals surface area contributed by atoms with Crippen LogP contribution in [0.2, 0.25) is 0 Å². The second-order valence-electron chi connectivity index (χ2n) is 31.3. The molecule has 1 atom stereocenters. The number of rotatable bonds is 1. The fraction of sp³-hybridized carbons (Fsp3) is 0.915. The van der Waals surface area contributed by atoms with Crippen LogP contribution in [-0.2, 0) is 12.8 Å². The molecule has 0 saturated heterocycles. The summed E-state index contributed by atoms with van der Waals surface area (Å²) < 4.78 is 0. The summed E-state index contributed by atoms with van der Waals surface area (Å²) in [4.78, 5) is 0. The van der Waals surface area contributed by atoms with Gasteiger partial charge in [-0.15, -0.1) is 0 Å². The van der Waals surface area contributed by atoms with E-state index in [1.807, 2.05) is 0 Å². The Bertz CT molecular complexity index is 1220. The minimum Gasteiger partial charge on any atom is -0.0776 e. The second-order valence-corrected chi connectivity index (χ2v) is 31.3. The Morgan fingerprint density at radius 3 is 0.746 bits per heavy atom. The molecule has 1 aromatic carbocycles. The van der Waals surface area contributed by atoms with Gasteiger partial charge in [-0.05, 0) is 134 Å². The van der Waals surface area contributed by atoms with Crippen LogP contribution in [0.25, 0.3) is 0 Å². The summed E-state index contributed by atoms with van der Waals surface area (Å²) in [6, 6.07) is 8.87. The van der Waals surface area contributed by atoms with E-state index in [0.29, 0.717) is 48.7 Å². The normalized spacial score (nSPS) is 15.8. The fourth-order valence-electron chi connectivity index (χ4n) is 8.14. The highest BCUT2D eigenvalue weighted by Gasteiger charge is 2.31. The topological polar surface area (TPSA) is 0 Å². The first-order chi connectivity index (χ1) is 28.2. The molecule has 3 aliphatic carbocycles. The van der Waals surface area contributed by atoms with Crippen molar-refractivity contribution in [2.75, 3.05) is 0 Å². The lowest BCUT2D eigenvalue weighted by Crippen LogP contribution is -2.25. The lowest BCUT2D eigenvalue weighted by atomic mass is 9.71. The molecule has 3 aliphatic rings. The van der Waals surface area contributed by atoms with Crippen molar-refractivity contribution in [3.8, 4) is 0 Å². The molecule has 0 bridgehead atoms. The molecule has 1 unspecified atom stereocenters. The predicted molar refractivity (Wildman–Crippen MR) is 347 cm³/mol. The molecule has 71 heavy (non-hydrogen) atoms. The fourth-order valence-corrected chi connectivity index (χ4v) is 8.14. The van der Waals surface area contributed by atoms with Crippen molar-refractivity contribution < 1.29 is 0 Å². The van der Waals surface area contributed by atoms with E-state index in [-0.39, 0.29) is 52.0 Å². The van der Waals surface area contributed by atoms with E-state index >= 15 is 0 Å². The van der Waals surface area contributed by atoms with Crippen molar-refractivity contribution in [1.29, 1.82) is 0 Å². The Morgan fingerprint density at radius 2 is 0.620 bits per heavy atom. The molecule has 0 amide bonds. The zero-order valence-electron chi connectivity index (χ0n) is 50.9. The van der Waals surface area contributed by atoms with Gasteiger partial charge in [0.1, 0.15) is 0 Å². The van der Waals surface area contributed by atoms with E-state index in [1.54, 1.807) is 11.1 Å². The Kier molecular flexibility index (Phi) is 50.6. The van der Waals surface area contributed by atoms with Gasteiger partial charge in [0, 0.05) is 0 Å². The summed E-state index contributed by atoms with van der Waals surface area (Å²) in [5.74, 6) is 4.50. The number of hydrogen-bond donors (Lipinski definition) is 0. The Morgan fingerprint density at radius 1 is 0.380 bits per heavy atom. The van der Waals surface area contributed by atoms with Crippen LogP contribution in [0.1, 0.15) is 348 Å². The zero-order valence-corrected chi connectivity index (χ0v) is 50.9. The Balaban J connectivity index is -0.0000000759. The van der Waals surface area contributed by atoms with Crippen LogP contribution in [0.3, 0.4) is 0 Å². The molecule has 0 N–H and O–H groups in total. The molecule has 0 aliphatic heterocycles. The van der Waals surface area contributed by atoms with Crippen molar-refractivity contribution in [3.63, 3.8) is 0 Å². The molecule has 1 aromatic rings. The van der Waals surface area contributed by atoms with Gasteiger partial charge in [-0.1, -0.05) is 329 Å². The van der Waals surface area contributed by atoms with Crippen LogP contribution in [0.15, 0.2) is 24.3 Å². The van der Waals surface area contributed by atoms with Gasteiger partial charge in [-0.25, -0.2) is 0 Å². The maximum Gasteiger partial charge on any atom is -0.0239 e. The molecule has 0 radical (unpaired) electrons. The SMILES string of the molecule is C.C.C.C.C.C.C.CC(C)(C)C(C)(C)C.CC(C)(C)C1CCCC1.CC(C)(C)C1CCCCC1.CC(C)(C)C1Cc2ccccc2C1.CC(C)(C)CC(C)(C)C.CC(C)C(C)(C)C.CCC(C)C(C)(C)C. The van der Waals surface area contributed by atoms with Crippen molar-refractivity contribution in [3.05, 3.63) is 35.4 Å². The lowest BCUT2D eigenvalue weighted by molar-refractivity contribution is 0.157. The number of hydrogen-bond acceptors (Lipinski definition) is 0. The first-order valence-electron chi connectivity index (χ1n) is 27.2. The third-order valence-corrected chi connectivity index (χ3v) is 15.8. The van der Waals surface area contributed by atoms with Crippen molar-refractivity contribution in [2.24, 2.45) is 78.3 Å². The molecule has 0 spiro atoms. The molecule has 0 aromatic heterocycles. The first kappa shape index (κ1) is 92.8. The lowest BCUT2D eigenvalue weighted by Gasteiger charge is -2.34. The third-order valence-electron chi connectivity index (χ3n) is 15.8. The van der Waals surface area contributed by atoms with E-state index in [9.17, 15) is 0 Å². The van der Waals surface area contributed by atoms with Crippen LogP contribution in [-0.4, -0.2) is 0 Å². The Hall–Kier alpha value is -0.780. The molecule has 2 fully saturated rings. The highest BCUT2D eigenvalue weighted by atomic mass is 14.4. The van der Waals surface area contributed by atoms with Crippen LogP contribution >= 0.6 is 0 Å². The summed E-state index contributed by atoms with van der Waals surface area (Å²) in [6.07, 6.45) is 18.4. The van der Waals surface area contributed by atoms with Gasteiger partial charge in [0.25, 0.3) is 0 Å². The van der Waals surface area contributed by atoms with Gasteiger partial charge in [-0.3, -0.25) is 0 Å². The average molecular weight is 1010 g/mol. The summed E-state index contributed by atoms with van der Waals surface area (Å²) in [6.45, 7) is 71.4. The minimum absolute atomic E-state index is 0. The molecule has 0 nitrogen and oxygen atoms in total. The third kappa shape index (κ3) is 48.6. The van der Waals surface area contributed by atoms with Gasteiger partial charge in [0.2, 0.25) is 0 Å². The molecular weight excluding hydrogens is 853 g/mol. The smallest absolute Gasteiger partial charge is 0.0239 e. The molecule has 0 heterocycles. The first-order valence-corrected chi connectivity index (χ1v) is 27.2. The van der Waals surface area contributed by atoms with E-state index in [4.69, 9.17) is 0 Å². The van der Waals surface area contributed by atoms with E-state index in [1.165, 1.54) is 83.5 Å². The summed E-state index contributed by atoms with van der Waals surface area (Å²) in [7, 11) is 0. The highest BCUT2D eigenvalue weighted by molar-refractivity contribution is 5.32. The van der Waals surface area contributed by atoms with Crippen molar-refractivity contribution in [2.45, 2.75) is 350 Å². The van der Waals surface area contributed by atoms with Crippen LogP contribution < -0.4 is 0 Å². The second kappa shape index (κ2) is 38.7. The summed E-state index contributed by atoms with van der Waals surface area (Å²) in [5, 5.41) is 0. The van der Waals surface area contributed by atoms with E-state index in [2.05, 4.69) is 239 Å². The van der Waals surface area contributed by atoms with Crippen LogP contribution in [0, 0.1) is 78.3 Å². The van der Waals surface area contributed by atoms with Gasteiger partial charge in [-0.2, -0.15) is 0 Å². The molecule has 0 heteroatoms. The Labute approximate surface area is 461 Å². The van der Waals surface area contributed by atoms with Gasteiger partial charge < -0.3 is 0 Å². The maximum atomic E-state index is 2.38. The number of fused-ring (bicyclic) bond motifs is 1. The predicted octanol–water partition coefficient (Wildman–Crippen LogP) is 27.1.